The normalized spacial score (nSPS) is 19.6. The van der Waals surface area contributed by atoms with E-state index in [0.29, 0.717) is 30.2 Å². The van der Waals surface area contributed by atoms with Crippen LogP contribution < -0.4 is 0 Å². The molecular weight excluding hydrogens is 286 g/mol. The summed E-state index contributed by atoms with van der Waals surface area (Å²) >= 11 is 0. The fourth-order valence-corrected chi connectivity index (χ4v) is 4.39. The van der Waals surface area contributed by atoms with E-state index < -0.39 is 10.0 Å². The number of hydrogen-bond acceptors (Lipinski definition) is 3. The Morgan fingerprint density at radius 2 is 2.05 bits per heavy atom. The van der Waals surface area contributed by atoms with E-state index in [9.17, 15) is 8.42 Å². The highest BCUT2D eigenvalue weighted by Crippen LogP contribution is 2.29. The van der Waals surface area contributed by atoms with Crippen molar-refractivity contribution in [2.45, 2.75) is 44.0 Å². The first-order chi connectivity index (χ1) is 9.95. The van der Waals surface area contributed by atoms with E-state index in [1.165, 1.54) is 0 Å². The molecule has 1 saturated heterocycles. The molecule has 1 aromatic rings. The molecule has 0 unspecified atom stereocenters. The van der Waals surface area contributed by atoms with Gasteiger partial charge in [0.25, 0.3) is 0 Å². The molecule has 1 aliphatic rings. The van der Waals surface area contributed by atoms with Gasteiger partial charge in [-0.15, -0.1) is 0 Å². The molecule has 21 heavy (non-hydrogen) atoms. The molecule has 0 amide bonds. The lowest BCUT2D eigenvalue weighted by Gasteiger charge is -2.24. The van der Waals surface area contributed by atoms with Gasteiger partial charge in [0.15, 0.2) is 0 Å². The summed E-state index contributed by atoms with van der Waals surface area (Å²) in [6, 6.07) is 6.97. The highest BCUT2D eigenvalue weighted by molar-refractivity contribution is 7.89. The molecule has 0 spiro atoms. The summed E-state index contributed by atoms with van der Waals surface area (Å²) in [6.07, 6.45) is 2.31. The van der Waals surface area contributed by atoms with Crippen LogP contribution in [0.3, 0.4) is 0 Å². The first-order valence-electron chi connectivity index (χ1n) is 7.34. The van der Waals surface area contributed by atoms with Gasteiger partial charge in [0.05, 0.1) is 17.3 Å². The molecule has 1 aromatic carbocycles. The van der Waals surface area contributed by atoms with Crippen molar-refractivity contribution >= 4 is 10.0 Å². The number of aryl methyl sites for hydroxylation is 1. The Balaban J connectivity index is 2.18. The molecule has 0 aromatic heterocycles. The van der Waals surface area contributed by atoms with Crippen LogP contribution in [0.25, 0.3) is 0 Å². The molecule has 0 N–H and O–H groups in total. The summed E-state index contributed by atoms with van der Waals surface area (Å²) in [6.45, 7) is 8.85. The van der Waals surface area contributed by atoms with Crippen LogP contribution in [-0.2, 0) is 14.8 Å². The minimum absolute atomic E-state index is 0.0460. The predicted molar refractivity (Wildman–Crippen MR) is 83.5 cm³/mol. The number of nitrogens with zero attached hydrogens (tertiary/aromatic N) is 1. The van der Waals surface area contributed by atoms with Gasteiger partial charge in [-0.05, 0) is 38.8 Å². The summed E-state index contributed by atoms with van der Waals surface area (Å²) < 4.78 is 32.5. The molecule has 116 valence electrons. The second kappa shape index (κ2) is 6.62. The van der Waals surface area contributed by atoms with Gasteiger partial charge in [0.2, 0.25) is 10.0 Å². The fraction of sp³-hybridized carbons (Fsp3) is 0.500. The number of rotatable bonds is 6. The average Bonchev–Trinajstić information content (AvgIpc) is 2.88. The molecule has 1 heterocycles. The summed E-state index contributed by atoms with van der Waals surface area (Å²) in [5.41, 5.74) is 1.05. The van der Waals surface area contributed by atoms with Gasteiger partial charge in [-0.3, -0.25) is 0 Å². The van der Waals surface area contributed by atoms with Crippen molar-refractivity contribution in [1.29, 1.82) is 0 Å². The maximum absolute atomic E-state index is 12.8. The van der Waals surface area contributed by atoms with Gasteiger partial charge >= 0.3 is 0 Å². The van der Waals surface area contributed by atoms with Gasteiger partial charge in [-0.25, -0.2) is 8.42 Å². The average molecular weight is 309 g/mol. The van der Waals surface area contributed by atoms with Crippen LogP contribution in [-0.4, -0.2) is 31.9 Å². The molecule has 0 saturated carbocycles. The summed E-state index contributed by atoms with van der Waals surface area (Å²) in [5, 5.41) is 0. The van der Waals surface area contributed by atoms with Crippen molar-refractivity contribution in [3.8, 4) is 0 Å². The van der Waals surface area contributed by atoms with E-state index in [-0.39, 0.29) is 6.04 Å². The van der Waals surface area contributed by atoms with E-state index in [2.05, 4.69) is 6.58 Å². The largest absolute Gasteiger partial charge is 0.499 e. The Labute approximate surface area is 127 Å². The molecule has 0 bridgehead atoms. The van der Waals surface area contributed by atoms with Gasteiger partial charge in [-0.1, -0.05) is 24.3 Å². The predicted octanol–water partition coefficient (Wildman–Crippen LogP) is 3.09. The van der Waals surface area contributed by atoms with E-state index >= 15 is 0 Å². The van der Waals surface area contributed by atoms with Crippen molar-refractivity contribution < 1.29 is 13.2 Å². The van der Waals surface area contributed by atoms with Crippen LogP contribution in [0.5, 0.6) is 0 Å². The lowest BCUT2D eigenvalue weighted by molar-refractivity contribution is 0.205. The zero-order chi connectivity index (χ0) is 15.5. The lowest BCUT2D eigenvalue weighted by atomic mass is 10.1. The minimum Gasteiger partial charge on any atom is -0.499 e. The third-order valence-electron chi connectivity index (χ3n) is 3.76. The molecule has 0 aliphatic carbocycles. The topological polar surface area (TPSA) is 46.6 Å². The van der Waals surface area contributed by atoms with Gasteiger partial charge < -0.3 is 4.74 Å². The Morgan fingerprint density at radius 1 is 1.38 bits per heavy atom. The smallest absolute Gasteiger partial charge is 0.243 e. The fourth-order valence-electron chi connectivity index (χ4n) is 2.70. The quantitative estimate of drug-likeness (QED) is 0.759. The molecule has 5 heteroatoms. The van der Waals surface area contributed by atoms with Crippen LogP contribution in [0.1, 0.15) is 31.7 Å². The molecule has 1 aliphatic heterocycles. The molecule has 0 radical (unpaired) electrons. The van der Waals surface area contributed by atoms with E-state index in [0.717, 1.165) is 18.4 Å². The Bertz CT molecular complexity index is 592. The monoisotopic (exact) mass is 309 g/mol. The number of ether oxygens (including phenoxy) is 1. The van der Waals surface area contributed by atoms with Gasteiger partial charge in [-0.2, -0.15) is 4.31 Å². The molecule has 1 atom stereocenters. The van der Waals surface area contributed by atoms with Gasteiger partial charge in [0.1, 0.15) is 0 Å². The molecule has 1 fully saturated rings. The Kier molecular flexibility index (Phi) is 5.06. The summed E-state index contributed by atoms with van der Waals surface area (Å²) in [7, 11) is -3.43. The van der Waals surface area contributed by atoms with Crippen molar-refractivity contribution in [2.75, 3.05) is 13.2 Å². The van der Waals surface area contributed by atoms with Crippen molar-refractivity contribution in [3.63, 3.8) is 0 Å². The maximum Gasteiger partial charge on any atom is 0.243 e. The standard InChI is InChI=1S/C16H23NO3S/c1-4-20-14(3)12-15-6-5-11-17(15)21(18,19)16-9-7-13(2)8-10-16/h7-10,15H,3-6,11-12H2,1-2H3/t15-/m0/s1. The first-order valence-corrected chi connectivity index (χ1v) is 8.78. The zero-order valence-corrected chi connectivity index (χ0v) is 13.5. The third-order valence-corrected chi connectivity index (χ3v) is 5.73. The van der Waals surface area contributed by atoms with E-state index in [4.69, 9.17) is 4.74 Å². The highest BCUT2D eigenvalue weighted by Gasteiger charge is 2.35. The molecule has 2 rings (SSSR count). The van der Waals surface area contributed by atoms with Crippen LogP contribution in [0.2, 0.25) is 0 Å². The molecule has 4 nitrogen and oxygen atoms in total. The third kappa shape index (κ3) is 3.66. The Morgan fingerprint density at radius 3 is 2.67 bits per heavy atom. The minimum atomic E-state index is -3.43. The number of hydrogen-bond donors (Lipinski definition) is 0. The Hall–Kier alpha value is -1.33. The second-order valence-electron chi connectivity index (χ2n) is 5.40. The van der Waals surface area contributed by atoms with Crippen LogP contribution in [0.4, 0.5) is 0 Å². The maximum atomic E-state index is 12.8. The van der Waals surface area contributed by atoms with Crippen LogP contribution in [0, 0.1) is 6.92 Å². The van der Waals surface area contributed by atoms with Crippen molar-refractivity contribution in [1.82, 2.24) is 4.31 Å². The lowest BCUT2D eigenvalue weighted by Crippen LogP contribution is -2.35. The zero-order valence-electron chi connectivity index (χ0n) is 12.7. The highest BCUT2D eigenvalue weighted by atomic mass is 32.2. The number of sulfonamides is 1. The second-order valence-corrected chi connectivity index (χ2v) is 7.29. The summed E-state index contributed by atoms with van der Waals surface area (Å²) in [5.74, 6) is 0.661. The van der Waals surface area contributed by atoms with Crippen LogP contribution >= 0.6 is 0 Å². The van der Waals surface area contributed by atoms with E-state index in [1.807, 2.05) is 26.0 Å². The summed E-state index contributed by atoms with van der Waals surface area (Å²) in [4.78, 5) is 0.363. The van der Waals surface area contributed by atoms with Crippen molar-refractivity contribution in [3.05, 3.63) is 42.2 Å². The molecular formula is C16H23NO3S. The first kappa shape index (κ1) is 16.0. The number of benzene rings is 1. The van der Waals surface area contributed by atoms with Gasteiger partial charge in [0, 0.05) is 19.0 Å². The SMILES string of the molecule is C=C(C[C@@H]1CCCN1S(=O)(=O)c1ccc(C)cc1)OCC. The van der Waals surface area contributed by atoms with E-state index in [1.54, 1.807) is 16.4 Å². The van der Waals surface area contributed by atoms with Crippen LogP contribution in [0.15, 0.2) is 41.5 Å². The van der Waals surface area contributed by atoms with Crippen molar-refractivity contribution in [2.24, 2.45) is 0 Å².